The van der Waals surface area contributed by atoms with Crippen molar-refractivity contribution < 1.29 is 19.0 Å². The summed E-state index contributed by atoms with van der Waals surface area (Å²) in [6.07, 6.45) is 8.51. The van der Waals surface area contributed by atoms with E-state index in [1.807, 2.05) is 12.2 Å². The Bertz CT molecular complexity index is 538. The molecular weight excluding hydrogens is 348 g/mol. The van der Waals surface area contributed by atoms with Crippen LogP contribution in [0.2, 0.25) is 0 Å². The molecule has 0 unspecified atom stereocenters. The third-order valence-corrected chi connectivity index (χ3v) is 3.53. The van der Waals surface area contributed by atoms with Crippen molar-refractivity contribution in [3.05, 3.63) is 47.0 Å². The highest BCUT2D eigenvalue weighted by molar-refractivity contribution is 9.10. The van der Waals surface area contributed by atoms with Crippen LogP contribution < -0.4 is 9.47 Å². The summed E-state index contributed by atoms with van der Waals surface area (Å²) in [5.41, 5.74) is 0.360. The van der Waals surface area contributed by atoms with E-state index in [0.29, 0.717) is 34.6 Å². The molecule has 0 saturated carbocycles. The van der Waals surface area contributed by atoms with Crippen molar-refractivity contribution in [1.82, 2.24) is 0 Å². The fourth-order valence-corrected chi connectivity index (χ4v) is 2.36. The van der Waals surface area contributed by atoms with Gasteiger partial charge in [-0.25, -0.2) is 4.79 Å². The number of allylic oxidation sites excluding steroid dienone is 2. The van der Waals surface area contributed by atoms with Gasteiger partial charge >= 0.3 is 5.97 Å². The number of halogens is 1. The Hall–Kier alpha value is -1.75. The smallest absolute Gasteiger partial charge is 0.343 e. The largest absolute Gasteiger partial charge is 0.497 e. The molecule has 0 N–H and O–H groups in total. The molecule has 1 rings (SSSR count). The Kier molecular flexibility index (Phi) is 8.36. The van der Waals surface area contributed by atoms with E-state index in [0.717, 1.165) is 12.8 Å². The van der Waals surface area contributed by atoms with Crippen LogP contribution >= 0.6 is 15.9 Å². The molecule has 4 nitrogen and oxygen atoms in total. The van der Waals surface area contributed by atoms with Crippen molar-refractivity contribution in [1.29, 1.82) is 0 Å². The summed E-state index contributed by atoms with van der Waals surface area (Å²) in [7, 11) is 3.05. The van der Waals surface area contributed by atoms with Gasteiger partial charge in [0.15, 0.2) is 0 Å². The van der Waals surface area contributed by atoms with Gasteiger partial charge in [-0.2, -0.15) is 0 Å². The van der Waals surface area contributed by atoms with Crippen molar-refractivity contribution in [2.45, 2.75) is 19.3 Å². The number of unbranched alkanes of at least 4 members (excludes halogenated alkanes) is 1. The third-order valence-electron chi connectivity index (χ3n) is 2.91. The standard InChI is InChI=1S/C17H21BrO4/c1-4-5-6-7-8-9-10-22-17(19)16-14(18)11-13(20-2)12-15(16)21-3/h4,7-8,11-12H,1,5-6,9-10H2,2-3H3/b8-7+. The molecule has 22 heavy (non-hydrogen) atoms. The molecule has 0 aliphatic heterocycles. The Morgan fingerprint density at radius 2 is 1.91 bits per heavy atom. The fourth-order valence-electron chi connectivity index (χ4n) is 1.78. The van der Waals surface area contributed by atoms with Gasteiger partial charge in [-0.3, -0.25) is 0 Å². The maximum atomic E-state index is 12.2. The summed E-state index contributed by atoms with van der Waals surface area (Å²) in [5, 5.41) is 0. The lowest BCUT2D eigenvalue weighted by Gasteiger charge is -2.12. The maximum absolute atomic E-state index is 12.2. The molecule has 1 aromatic carbocycles. The van der Waals surface area contributed by atoms with E-state index in [2.05, 4.69) is 28.6 Å². The molecule has 0 aliphatic carbocycles. The van der Waals surface area contributed by atoms with Crippen LogP contribution in [0.3, 0.4) is 0 Å². The molecule has 0 aliphatic rings. The summed E-state index contributed by atoms with van der Waals surface area (Å²) >= 11 is 3.35. The molecule has 5 heteroatoms. The Labute approximate surface area is 139 Å². The lowest BCUT2D eigenvalue weighted by molar-refractivity contribution is 0.0507. The zero-order chi connectivity index (χ0) is 16.4. The molecule has 0 radical (unpaired) electrons. The molecule has 0 fully saturated rings. The van der Waals surface area contributed by atoms with Crippen LogP contribution in [0.25, 0.3) is 0 Å². The fraction of sp³-hybridized carbons (Fsp3) is 0.353. The normalized spacial score (nSPS) is 10.5. The second-order valence-corrected chi connectivity index (χ2v) is 5.30. The first-order valence-corrected chi connectivity index (χ1v) is 7.77. The van der Waals surface area contributed by atoms with Crippen LogP contribution in [-0.4, -0.2) is 26.8 Å². The summed E-state index contributed by atoms with van der Waals surface area (Å²) in [6, 6.07) is 3.35. The summed E-state index contributed by atoms with van der Waals surface area (Å²) in [6.45, 7) is 3.98. The van der Waals surface area contributed by atoms with E-state index < -0.39 is 5.97 Å². The van der Waals surface area contributed by atoms with Gasteiger partial charge in [0.05, 0.1) is 20.8 Å². The van der Waals surface area contributed by atoms with E-state index in [1.54, 1.807) is 19.2 Å². The Balaban J connectivity index is 2.62. The molecule has 0 heterocycles. The number of hydrogen-bond donors (Lipinski definition) is 0. The minimum atomic E-state index is -0.425. The highest BCUT2D eigenvalue weighted by atomic mass is 79.9. The third kappa shape index (κ3) is 5.56. The van der Waals surface area contributed by atoms with Gasteiger partial charge in [-0.15, -0.1) is 6.58 Å². The number of ether oxygens (including phenoxy) is 3. The van der Waals surface area contributed by atoms with Crippen molar-refractivity contribution in [3.63, 3.8) is 0 Å². The molecule has 0 aromatic heterocycles. The quantitative estimate of drug-likeness (QED) is 0.364. The molecule has 0 bridgehead atoms. The van der Waals surface area contributed by atoms with Crippen molar-refractivity contribution in [3.8, 4) is 11.5 Å². The zero-order valence-electron chi connectivity index (χ0n) is 12.9. The number of carbonyl (C=O) groups is 1. The molecule has 0 amide bonds. The SMILES string of the molecule is C=CCC/C=C/CCOC(=O)c1c(Br)cc(OC)cc1OC. The van der Waals surface area contributed by atoms with E-state index in [1.165, 1.54) is 7.11 Å². The summed E-state index contributed by atoms with van der Waals surface area (Å²) in [4.78, 5) is 12.2. The van der Waals surface area contributed by atoms with Crippen LogP contribution in [0.4, 0.5) is 0 Å². The van der Waals surface area contributed by atoms with Gasteiger partial charge in [0, 0.05) is 10.5 Å². The van der Waals surface area contributed by atoms with E-state index in [9.17, 15) is 4.79 Å². The van der Waals surface area contributed by atoms with Crippen LogP contribution in [-0.2, 0) is 4.74 Å². The zero-order valence-corrected chi connectivity index (χ0v) is 14.5. The number of rotatable bonds is 9. The number of hydrogen-bond acceptors (Lipinski definition) is 4. The second kappa shape index (κ2) is 10.1. The topological polar surface area (TPSA) is 44.8 Å². The van der Waals surface area contributed by atoms with Crippen molar-refractivity contribution in [2.75, 3.05) is 20.8 Å². The number of benzene rings is 1. The van der Waals surface area contributed by atoms with Crippen molar-refractivity contribution >= 4 is 21.9 Å². The van der Waals surface area contributed by atoms with Gasteiger partial charge in [0.25, 0.3) is 0 Å². The van der Waals surface area contributed by atoms with Gasteiger partial charge in [0.2, 0.25) is 0 Å². The Morgan fingerprint density at radius 3 is 2.55 bits per heavy atom. The van der Waals surface area contributed by atoms with Crippen LogP contribution in [0, 0.1) is 0 Å². The molecular formula is C17H21BrO4. The predicted octanol–water partition coefficient (Wildman–Crippen LogP) is 4.54. The first-order valence-electron chi connectivity index (χ1n) is 6.98. The predicted molar refractivity (Wildman–Crippen MR) is 90.7 cm³/mol. The summed E-state index contributed by atoms with van der Waals surface area (Å²) in [5.74, 6) is 0.592. The summed E-state index contributed by atoms with van der Waals surface area (Å²) < 4.78 is 16.2. The monoisotopic (exact) mass is 368 g/mol. The average molecular weight is 369 g/mol. The average Bonchev–Trinajstić information content (AvgIpc) is 2.52. The highest BCUT2D eigenvalue weighted by Gasteiger charge is 2.19. The van der Waals surface area contributed by atoms with Gasteiger partial charge < -0.3 is 14.2 Å². The van der Waals surface area contributed by atoms with Crippen LogP contribution in [0.1, 0.15) is 29.6 Å². The lowest BCUT2D eigenvalue weighted by Crippen LogP contribution is -2.09. The molecule has 0 spiro atoms. The maximum Gasteiger partial charge on any atom is 0.343 e. The highest BCUT2D eigenvalue weighted by Crippen LogP contribution is 2.32. The first kappa shape index (κ1) is 18.3. The van der Waals surface area contributed by atoms with Gasteiger partial charge in [-0.1, -0.05) is 18.2 Å². The van der Waals surface area contributed by atoms with Crippen molar-refractivity contribution in [2.24, 2.45) is 0 Å². The van der Waals surface area contributed by atoms with Gasteiger partial charge in [-0.05, 0) is 41.3 Å². The number of carbonyl (C=O) groups excluding carboxylic acids is 1. The first-order chi connectivity index (χ1) is 10.6. The molecule has 1 aromatic rings. The van der Waals surface area contributed by atoms with Crippen LogP contribution in [0.5, 0.6) is 11.5 Å². The van der Waals surface area contributed by atoms with E-state index >= 15 is 0 Å². The lowest BCUT2D eigenvalue weighted by atomic mass is 10.2. The van der Waals surface area contributed by atoms with E-state index in [-0.39, 0.29) is 0 Å². The second-order valence-electron chi connectivity index (χ2n) is 4.45. The molecule has 0 atom stereocenters. The minimum Gasteiger partial charge on any atom is -0.497 e. The minimum absolute atomic E-state index is 0.324. The Morgan fingerprint density at radius 1 is 1.18 bits per heavy atom. The number of esters is 1. The van der Waals surface area contributed by atoms with Crippen LogP contribution in [0.15, 0.2) is 41.4 Å². The van der Waals surface area contributed by atoms with Gasteiger partial charge in [0.1, 0.15) is 17.1 Å². The van der Waals surface area contributed by atoms with E-state index in [4.69, 9.17) is 14.2 Å². The molecule has 0 saturated heterocycles. The molecule has 120 valence electrons. The number of methoxy groups -OCH3 is 2.